The fourth-order valence-electron chi connectivity index (χ4n) is 1.52. The standard InChI is InChI=1S/C12H15N3S/c1-9-7-11(15(2)14-9)8-16-12-5-3-10(13)4-6-12/h3-7H,8,13H2,1-2H3. The molecule has 1 heterocycles. The summed E-state index contributed by atoms with van der Waals surface area (Å²) < 4.78 is 1.93. The lowest BCUT2D eigenvalue weighted by molar-refractivity contribution is 0.727. The first-order chi connectivity index (χ1) is 7.65. The third kappa shape index (κ3) is 2.58. The van der Waals surface area contributed by atoms with E-state index in [0.717, 1.165) is 17.1 Å². The number of nitrogen functional groups attached to an aromatic ring is 1. The van der Waals surface area contributed by atoms with E-state index >= 15 is 0 Å². The Kier molecular flexibility index (Phi) is 3.19. The molecular weight excluding hydrogens is 218 g/mol. The van der Waals surface area contributed by atoms with Crippen LogP contribution in [0.5, 0.6) is 0 Å². The van der Waals surface area contributed by atoms with E-state index in [1.165, 1.54) is 10.6 Å². The lowest BCUT2D eigenvalue weighted by atomic mass is 10.3. The molecule has 2 N–H and O–H groups in total. The van der Waals surface area contributed by atoms with Gasteiger partial charge in [0.25, 0.3) is 0 Å². The van der Waals surface area contributed by atoms with Gasteiger partial charge >= 0.3 is 0 Å². The van der Waals surface area contributed by atoms with Gasteiger partial charge in [-0.25, -0.2) is 0 Å². The van der Waals surface area contributed by atoms with Crippen LogP contribution in [0, 0.1) is 6.92 Å². The lowest BCUT2D eigenvalue weighted by Crippen LogP contribution is -1.96. The average Bonchev–Trinajstić information content (AvgIpc) is 2.57. The number of aryl methyl sites for hydroxylation is 2. The zero-order valence-corrected chi connectivity index (χ0v) is 10.3. The second-order valence-electron chi connectivity index (χ2n) is 3.76. The normalized spacial score (nSPS) is 10.6. The molecule has 4 heteroatoms. The van der Waals surface area contributed by atoms with Crippen LogP contribution in [0.15, 0.2) is 35.2 Å². The summed E-state index contributed by atoms with van der Waals surface area (Å²) in [5.74, 6) is 0.932. The Morgan fingerprint density at radius 1 is 1.31 bits per heavy atom. The number of aromatic nitrogens is 2. The maximum absolute atomic E-state index is 5.64. The summed E-state index contributed by atoms with van der Waals surface area (Å²) in [5.41, 5.74) is 8.74. The Labute approximate surface area is 99.7 Å². The van der Waals surface area contributed by atoms with Crippen molar-refractivity contribution in [2.45, 2.75) is 17.6 Å². The molecule has 84 valence electrons. The van der Waals surface area contributed by atoms with Gasteiger partial charge in [0.2, 0.25) is 0 Å². The topological polar surface area (TPSA) is 43.8 Å². The number of nitrogens with two attached hydrogens (primary N) is 1. The highest BCUT2D eigenvalue weighted by molar-refractivity contribution is 7.98. The van der Waals surface area contributed by atoms with Gasteiger partial charge in [-0.1, -0.05) is 0 Å². The summed E-state index contributed by atoms with van der Waals surface area (Å²) in [6.07, 6.45) is 0. The first-order valence-corrected chi connectivity index (χ1v) is 6.11. The number of benzene rings is 1. The molecule has 0 bridgehead atoms. The molecule has 2 aromatic rings. The maximum Gasteiger partial charge on any atom is 0.0596 e. The van der Waals surface area contributed by atoms with Gasteiger partial charge in [0, 0.05) is 29.1 Å². The summed E-state index contributed by atoms with van der Waals surface area (Å²) in [4.78, 5) is 1.23. The molecule has 0 atom stereocenters. The molecule has 0 saturated carbocycles. The third-order valence-electron chi connectivity index (χ3n) is 2.37. The van der Waals surface area contributed by atoms with E-state index in [-0.39, 0.29) is 0 Å². The van der Waals surface area contributed by atoms with E-state index in [2.05, 4.69) is 11.2 Å². The second kappa shape index (κ2) is 4.61. The molecule has 0 amide bonds. The fraction of sp³-hybridized carbons (Fsp3) is 0.250. The van der Waals surface area contributed by atoms with Crippen molar-refractivity contribution in [3.05, 3.63) is 41.7 Å². The number of hydrogen-bond acceptors (Lipinski definition) is 3. The molecule has 0 aliphatic carbocycles. The van der Waals surface area contributed by atoms with Crippen LogP contribution < -0.4 is 5.73 Å². The van der Waals surface area contributed by atoms with E-state index < -0.39 is 0 Å². The van der Waals surface area contributed by atoms with E-state index in [1.54, 1.807) is 11.8 Å². The number of thioether (sulfide) groups is 1. The summed E-state index contributed by atoms with van der Waals surface area (Å²) in [5, 5.41) is 4.32. The first-order valence-electron chi connectivity index (χ1n) is 5.13. The minimum atomic E-state index is 0.806. The number of hydrogen-bond donors (Lipinski definition) is 1. The van der Waals surface area contributed by atoms with Gasteiger partial charge in [0.05, 0.1) is 5.69 Å². The fourth-order valence-corrected chi connectivity index (χ4v) is 2.43. The molecule has 0 aliphatic rings. The van der Waals surface area contributed by atoms with Crippen molar-refractivity contribution >= 4 is 17.4 Å². The summed E-state index contributed by atoms with van der Waals surface area (Å²) in [6.45, 7) is 2.01. The van der Waals surface area contributed by atoms with Crippen LogP contribution in [0.1, 0.15) is 11.4 Å². The van der Waals surface area contributed by atoms with Crippen LogP contribution in [0.25, 0.3) is 0 Å². The van der Waals surface area contributed by atoms with Crippen molar-refractivity contribution in [2.24, 2.45) is 7.05 Å². The molecule has 0 radical (unpaired) electrons. The highest BCUT2D eigenvalue weighted by atomic mass is 32.2. The predicted octanol–water partition coefficient (Wildman–Crippen LogP) is 2.60. The van der Waals surface area contributed by atoms with Gasteiger partial charge in [-0.05, 0) is 37.3 Å². The zero-order valence-electron chi connectivity index (χ0n) is 9.47. The van der Waals surface area contributed by atoms with Gasteiger partial charge in [-0.3, -0.25) is 4.68 Å². The molecule has 2 rings (SSSR count). The molecule has 0 aliphatic heterocycles. The number of nitrogens with zero attached hydrogens (tertiary/aromatic N) is 2. The van der Waals surface area contributed by atoms with Crippen LogP contribution in [0.4, 0.5) is 5.69 Å². The Balaban J connectivity index is 2.02. The quantitative estimate of drug-likeness (QED) is 0.654. The van der Waals surface area contributed by atoms with Gasteiger partial charge < -0.3 is 5.73 Å². The Hall–Kier alpha value is -1.42. The van der Waals surface area contributed by atoms with Crippen molar-refractivity contribution < 1.29 is 0 Å². The molecule has 1 aromatic heterocycles. The highest BCUT2D eigenvalue weighted by Crippen LogP contribution is 2.23. The largest absolute Gasteiger partial charge is 0.399 e. The van der Waals surface area contributed by atoms with Crippen molar-refractivity contribution in [1.29, 1.82) is 0 Å². The number of anilines is 1. The second-order valence-corrected chi connectivity index (χ2v) is 4.81. The van der Waals surface area contributed by atoms with Crippen LogP contribution >= 0.6 is 11.8 Å². The maximum atomic E-state index is 5.64. The van der Waals surface area contributed by atoms with E-state index in [4.69, 9.17) is 5.73 Å². The minimum absolute atomic E-state index is 0.806. The Morgan fingerprint density at radius 2 is 2.00 bits per heavy atom. The van der Waals surface area contributed by atoms with E-state index in [0.29, 0.717) is 0 Å². The molecule has 3 nitrogen and oxygen atoms in total. The summed E-state index contributed by atoms with van der Waals surface area (Å²) in [7, 11) is 1.98. The molecule has 0 saturated heterocycles. The summed E-state index contributed by atoms with van der Waals surface area (Å²) >= 11 is 1.79. The Morgan fingerprint density at radius 3 is 2.56 bits per heavy atom. The molecular formula is C12H15N3S. The average molecular weight is 233 g/mol. The van der Waals surface area contributed by atoms with Crippen LogP contribution in [-0.2, 0) is 12.8 Å². The molecule has 0 unspecified atom stereocenters. The third-order valence-corrected chi connectivity index (χ3v) is 3.41. The zero-order chi connectivity index (χ0) is 11.5. The van der Waals surface area contributed by atoms with Crippen molar-refractivity contribution in [2.75, 3.05) is 5.73 Å². The van der Waals surface area contributed by atoms with Crippen molar-refractivity contribution in [3.63, 3.8) is 0 Å². The SMILES string of the molecule is Cc1cc(CSc2ccc(N)cc2)n(C)n1. The van der Waals surface area contributed by atoms with Crippen LogP contribution in [0.3, 0.4) is 0 Å². The molecule has 0 fully saturated rings. The Bertz CT molecular complexity index is 474. The van der Waals surface area contributed by atoms with Crippen LogP contribution in [0.2, 0.25) is 0 Å². The van der Waals surface area contributed by atoms with E-state index in [1.807, 2.05) is 42.9 Å². The molecule has 1 aromatic carbocycles. The van der Waals surface area contributed by atoms with Gasteiger partial charge in [-0.15, -0.1) is 11.8 Å². The first kappa shape index (κ1) is 11.1. The van der Waals surface area contributed by atoms with Crippen molar-refractivity contribution in [1.82, 2.24) is 9.78 Å². The summed E-state index contributed by atoms with van der Waals surface area (Å²) in [6, 6.07) is 10.1. The molecule has 16 heavy (non-hydrogen) atoms. The lowest BCUT2D eigenvalue weighted by Gasteiger charge is -2.02. The highest BCUT2D eigenvalue weighted by Gasteiger charge is 2.02. The minimum Gasteiger partial charge on any atom is -0.399 e. The number of rotatable bonds is 3. The predicted molar refractivity (Wildman–Crippen MR) is 68.4 cm³/mol. The van der Waals surface area contributed by atoms with E-state index in [9.17, 15) is 0 Å². The smallest absolute Gasteiger partial charge is 0.0596 e. The monoisotopic (exact) mass is 233 g/mol. The van der Waals surface area contributed by atoms with Gasteiger partial charge in [-0.2, -0.15) is 5.10 Å². The van der Waals surface area contributed by atoms with Crippen molar-refractivity contribution in [3.8, 4) is 0 Å². The van der Waals surface area contributed by atoms with Gasteiger partial charge in [0.15, 0.2) is 0 Å². The van der Waals surface area contributed by atoms with Gasteiger partial charge in [0.1, 0.15) is 0 Å². The molecule has 0 spiro atoms. The van der Waals surface area contributed by atoms with Crippen LogP contribution in [-0.4, -0.2) is 9.78 Å².